The summed E-state index contributed by atoms with van der Waals surface area (Å²) >= 11 is 1.38. The van der Waals surface area contributed by atoms with E-state index in [1.165, 1.54) is 22.5 Å². The number of piperazine rings is 1. The van der Waals surface area contributed by atoms with Crippen LogP contribution in [0.2, 0.25) is 0 Å². The molecule has 5 nitrogen and oxygen atoms in total. The van der Waals surface area contributed by atoms with Crippen molar-refractivity contribution in [3.05, 3.63) is 88.8 Å². The summed E-state index contributed by atoms with van der Waals surface area (Å²) in [5, 5.41) is 14.4. The number of anilines is 1. The zero-order valence-corrected chi connectivity index (χ0v) is 17.5. The molecular weight excluding hydrogens is 392 g/mol. The molecular formula is C24H24N4OS. The van der Waals surface area contributed by atoms with Gasteiger partial charge in [-0.3, -0.25) is 14.6 Å². The van der Waals surface area contributed by atoms with Crippen molar-refractivity contribution in [2.75, 3.05) is 38.0 Å². The van der Waals surface area contributed by atoms with E-state index >= 15 is 0 Å². The maximum atomic E-state index is 12.4. The van der Waals surface area contributed by atoms with Gasteiger partial charge in [-0.25, -0.2) is 0 Å². The molecule has 2 aromatic carbocycles. The minimum absolute atomic E-state index is 0.0648. The number of amides is 1. The summed E-state index contributed by atoms with van der Waals surface area (Å²) < 4.78 is 0. The highest BCUT2D eigenvalue weighted by Gasteiger charge is 2.27. The molecule has 3 aromatic rings. The zero-order chi connectivity index (χ0) is 20.8. The van der Waals surface area contributed by atoms with Crippen molar-refractivity contribution < 1.29 is 4.79 Å². The first-order valence-electron chi connectivity index (χ1n) is 10.1. The van der Waals surface area contributed by atoms with Crippen molar-refractivity contribution in [1.82, 2.24) is 9.80 Å². The lowest BCUT2D eigenvalue weighted by Gasteiger charge is -2.39. The van der Waals surface area contributed by atoms with Crippen LogP contribution < -0.4 is 5.32 Å². The normalized spacial score (nSPS) is 15.1. The van der Waals surface area contributed by atoms with Crippen LogP contribution in [-0.2, 0) is 4.79 Å². The van der Waals surface area contributed by atoms with Crippen LogP contribution in [0.1, 0.15) is 22.7 Å². The summed E-state index contributed by atoms with van der Waals surface area (Å²) in [5.41, 5.74) is 3.10. The average molecular weight is 417 g/mol. The fourth-order valence-electron chi connectivity index (χ4n) is 3.93. The van der Waals surface area contributed by atoms with E-state index in [9.17, 15) is 4.79 Å². The second kappa shape index (κ2) is 9.68. The Morgan fingerprint density at radius 1 is 0.967 bits per heavy atom. The number of hydrogen-bond donors (Lipinski definition) is 1. The van der Waals surface area contributed by atoms with Crippen molar-refractivity contribution in [1.29, 1.82) is 5.26 Å². The number of nitriles is 1. The Kier molecular flexibility index (Phi) is 6.55. The van der Waals surface area contributed by atoms with Gasteiger partial charge in [0, 0.05) is 26.2 Å². The topological polar surface area (TPSA) is 59.4 Å². The fraction of sp³-hybridized carbons (Fsp3) is 0.250. The molecule has 30 heavy (non-hydrogen) atoms. The Balaban J connectivity index is 1.39. The minimum atomic E-state index is -0.0648. The summed E-state index contributed by atoms with van der Waals surface area (Å²) in [6, 6.07) is 25.3. The number of nitrogens with one attached hydrogen (secondary N) is 1. The van der Waals surface area contributed by atoms with E-state index in [-0.39, 0.29) is 11.9 Å². The Labute approximate surface area is 181 Å². The average Bonchev–Trinajstić information content (AvgIpc) is 3.23. The lowest BCUT2D eigenvalue weighted by atomic mass is 9.96. The van der Waals surface area contributed by atoms with Gasteiger partial charge < -0.3 is 5.32 Å². The van der Waals surface area contributed by atoms with Crippen LogP contribution in [0.5, 0.6) is 0 Å². The van der Waals surface area contributed by atoms with Gasteiger partial charge >= 0.3 is 0 Å². The second-order valence-electron chi connectivity index (χ2n) is 7.36. The Morgan fingerprint density at radius 3 is 2.13 bits per heavy atom. The molecule has 0 aliphatic carbocycles. The van der Waals surface area contributed by atoms with E-state index < -0.39 is 0 Å². The molecule has 1 fully saturated rings. The monoisotopic (exact) mass is 416 g/mol. The van der Waals surface area contributed by atoms with Crippen LogP contribution in [0.4, 0.5) is 5.00 Å². The summed E-state index contributed by atoms with van der Waals surface area (Å²) in [4.78, 5) is 17.1. The van der Waals surface area contributed by atoms with E-state index in [1.54, 1.807) is 6.07 Å². The zero-order valence-electron chi connectivity index (χ0n) is 16.7. The first-order chi connectivity index (χ1) is 14.7. The molecule has 6 heteroatoms. The van der Waals surface area contributed by atoms with Crippen molar-refractivity contribution in [2.45, 2.75) is 6.04 Å². The number of benzene rings is 2. The third kappa shape index (κ3) is 4.77. The molecule has 1 aliphatic rings. The van der Waals surface area contributed by atoms with E-state index in [4.69, 9.17) is 5.26 Å². The molecule has 0 spiro atoms. The van der Waals surface area contributed by atoms with Gasteiger partial charge in [0.1, 0.15) is 11.1 Å². The standard InChI is InChI=1S/C24H24N4OS/c25-17-21-11-16-30-24(21)26-22(29)18-27-12-14-28(15-13-27)23(19-7-3-1-4-8-19)20-9-5-2-6-10-20/h1-11,16,23H,12-15,18H2,(H,26,29). The van der Waals surface area contributed by atoms with E-state index in [0.717, 1.165) is 26.2 Å². The number of thiophene rings is 1. The smallest absolute Gasteiger partial charge is 0.239 e. The summed E-state index contributed by atoms with van der Waals surface area (Å²) in [6.45, 7) is 3.80. The molecule has 1 N–H and O–H groups in total. The Morgan fingerprint density at radius 2 is 1.57 bits per heavy atom. The maximum absolute atomic E-state index is 12.4. The number of carbonyl (C=O) groups is 1. The summed E-state index contributed by atoms with van der Waals surface area (Å²) in [7, 11) is 0. The third-order valence-electron chi connectivity index (χ3n) is 5.41. The predicted octanol–water partition coefficient (Wildman–Crippen LogP) is 3.97. The number of carbonyl (C=O) groups excluding carboxylic acids is 1. The van der Waals surface area contributed by atoms with Gasteiger partial charge in [-0.05, 0) is 22.6 Å². The highest BCUT2D eigenvalue weighted by Crippen LogP contribution is 2.29. The van der Waals surface area contributed by atoms with Gasteiger partial charge in [-0.1, -0.05) is 60.7 Å². The predicted molar refractivity (Wildman–Crippen MR) is 120 cm³/mol. The Hall–Kier alpha value is -2.98. The molecule has 2 heterocycles. The van der Waals surface area contributed by atoms with Crippen LogP contribution in [0.25, 0.3) is 0 Å². The van der Waals surface area contributed by atoms with Gasteiger partial charge in [-0.15, -0.1) is 11.3 Å². The van der Waals surface area contributed by atoms with Gasteiger partial charge in [0.25, 0.3) is 0 Å². The van der Waals surface area contributed by atoms with Crippen LogP contribution in [0.3, 0.4) is 0 Å². The van der Waals surface area contributed by atoms with Gasteiger partial charge in [-0.2, -0.15) is 5.26 Å². The number of nitrogens with zero attached hydrogens (tertiary/aromatic N) is 3. The Bertz CT molecular complexity index is 965. The van der Waals surface area contributed by atoms with Gasteiger partial charge in [0.15, 0.2) is 0 Å². The first kappa shape index (κ1) is 20.3. The first-order valence-corrected chi connectivity index (χ1v) is 11.0. The lowest BCUT2D eigenvalue weighted by Crippen LogP contribution is -2.49. The van der Waals surface area contributed by atoms with Crippen LogP contribution in [-0.4, -0.2) is 48.4 Å². The minimum Gasteiger partial charge on any atom is -0.315 e. The largest absolute Gasteiger partial charge is 0.315 e. The molecule has 1 amide bonds. The third-order valence-corrected chi connectivity index (χ3v) is 6.24. The van der Waals surface area contributed by atoms with Crippen molar-refractivity contribution >= 4 is 22.2 Å². The van der Waals surface area contributed by atoms with Crippen LogP contribution in [0.15, 0.2) is 72.1 Å². The molecule has 0 saturated carbocycles. The lowest BCUT2D eigenvalue weighted by molar-refractivity contribution is -0.117. The molecule has 1 aliphatic heterocycles. The van der Waals surface area contributed by atoms with Crippen molar-refractivity contribution in [3.8, 4) is 6.07 Å². The molecule has 0 atom stereocenters. The van der Waals surface area contributed by atoms with Gasteiger partial charge in [0.2, 0.25) is 5.91 Å². The molecule has 152 valence electrons. The molecule has 1 aromatic heterocycles. The fourth-order valence-corrected chi connectivity index (χ4v) is 4.68. The van der Waals surface area contributed by atoms with Gasteiger partial charge in [0.05, 0.1) is 18.2 Å². The molecule has 0 unspecified atom stereocenters. The van der Waals surface area contributed by atoms with Crippen molar-refractivity contribution in [3.63, 3.8) is 0 Å². The number of hydrogen-bond acceptors (Lipinski definition) is 5. The highest BCUT2D eigenvalue weighted by atomic mass is 32.1. The highest BCUT2D eigenvalue weighted by molar-refractivity contribution is 7.14. The molecule has 0 radical (unpaired) electrons. The molecule has 1 saturated heterocycles. The maximum Gasteiger partial charge on any atom is 0.239 e. The molecule has 4 rings (SSSR count). The van der Waals surface area contributed by atoms with E-state index in [0.29, 0.717) is 17.1 Å². The second-order valence-corrected chi connectivity index (χ2v) is 8.28. The molecule has 0 bridgehead atoms. The summed E-state index contributed by atoms with van der Waals surface area (Å²) in [5.74, 6) is -0.0648. The van der Waals surface area contributed by atoms with E-state index in [1.807, 2.05) is 17.5 Å². The van der Waals surface area contributed by atoms with Crippen molar-refractivity contribution in [2.24, 2.45) is 0 Å². The summed E-state index contributed by atoms with van der Waals surface area (Å²) in [6.07, 6.45) is 0. The SMILES string of the molecule is N#Cc1ccsc1NC(=O)CN1CCN(C(c2ccccc2)c2ccccc2)CC1. The van der Waals surface area contributed by atoms with Crippen LogP contribution >= 0.6 is 11.3 Å². The van der Waals surface area contributed by atoms with E-state index in [2.05, 4.69) is 69.7 Å². The van der Waals surface area contributed by atoms with Crippen LogP contribution in [0, 0.1) is 11.3 Å². The number of rotatable bonds is 6. The quantitative estimate of drug-likeness (QED) is 0.661.